The minimum atomic E-state index is 0.648. The van der Waals surface area contributed by atoms with Crippen molar-refractivity contribution in [3.05, 3.63) is 47.7 Å². The molecular weight excluding hydrogens is 322 g/mol. The van der Waals surface area contributed by atoms with Gasteiger partial charge in [-0.15, -0.1) is 0 Å². The van der Waals surface area contributed by atoms with E-state index in [-0.39, 0.29) is 0 Å². The molecule has 0 aliphatic carbocycles. The molecule has 4 nitrogen and oxygen atoms in total. The molecule has 1 atom stereocenters. The fourth-order valence-electron chi connectivity index (χ4n) is 3.58. The average molecular weight is 356 g/mol. The summed E-state index contributed by atoms with van der Waals surface area (Å²) in [5, 5.41) is 3.55. The van der Waals surface area contributed by atoms with E-state index in [0.29, 0.717) is 5.92 Å². The van der Waals surface area contributed by atoms with Gasteiger partial charge in [0, 0.05) is 38.3 Å². The summed E-state index contributed by atoms with van der Waals surface area (Å²) in [5.74, 6) is 2.60. The summed E-state index contributed by atoms with van der Waals surface area (Å²) in [6.45, 7) is 15.7. The lowest BCUT2D eigenvalue weighted by Crippen LogP contribution is -2.48. The lowest BCUT2D eigenvalue weighted by Gasteiger charge is -2.35. The first-order valence-corrected chi connectivity index (χ1v) is 9.95. The van der Waals surface area contributed by atoms with E-state index in [1.54, 1.807) is 0 Å². The molecule has 3 rings (SSSR count). The second kappa shape index (κ2) is 9.36. The molecule has 2 aromatic rings. The van der Waals surface area contributed by atoms with E-state index < -0.39 is 0 Å². The van der Waals surface area contributed by atoms with Crippen molar-refractivity contribution in [2.24, 2.45) is 5.92 Å². The molecule has 1 aromatic carbocycles. The van der Waals surface area contributed by atoms with Gasteiger partial charge in [0.2, 0.25) is 0 Å². The van der Waals surface area contributed by atoms with Crippen LogP contribution in [-0.2, 0) is 6.54 Å². The summed E-state index contributed by atoms with van der Waals surface area (Å²) < 4.78 is 5.99. The Labute approximate surface area is 158 Å². The number of likely N-dealkylation sites (N-methyl/N-ethyl adjacent to an activating group) is 1. The summed E-state index contributed by atoms with van der Waals surface area (Å²) in [6.07, 6.45) is 0. The molecule has 1 unspecified atom stereocenters. The van der Waals surface area contributed by atoms with Gasteiger partial charge in [-0.05, 0) is 38.1 Å². The molecule has 1 fully saturated rings. The minimum Gasteiger partial charge on any atom is -0.460 e. The summed E-state index contributed by atoms with van der Waals surface area (Å²) >= 11 is 0. The van der Waals surface area contributed by atoms with Gasteiger partial charge in [-0.3, -0.25) is 0 Å². The predicted molar refractivity (Wildman–Crippen MR) is 108 cm³/mol. The number of rotatable bonds is 8. The number of hydrogen-bond donors (Lipinski definition) is 1. The molecule has 0 saturated carbocycles. The predicted octanol–water partition coefficient (Wildman–Crippen LogP) is 3.62. The number of furan rings is 1. The Bertz CT molecular complexity index is 656. The van der Waals surface area contributed by atoms with E-state index in [1.807, 2.05) is 0 Å². The molecule has 0 amide bonds. The van der Waals surface area contributed by atoms with Crippen LogP contribution in [0.2, 0.25) is 0 Å². The van der Waals surface area contributed by atoms with Crippen molar-refractivity contribution in [1.82, 2.24) is 15.1 Å². The third-order valence-corrected chi connectivity index (χ3v) is 5.27. The van der Waals surface area contributed by atoms with E-state index in [4.69, 9.17) is 4.42 Å². The maximum atomic E-state index is 5.99. The Balaban J connectivity index is 1.39. The molecule has 1 aliphatic rings. The Kier molecular flexibility index (Phi) is 6.89. The fourth-order valence-corrected chi connectivity index (χ4v) is 3.58. The van der Waals surface area contributed by atoms with Gasteiger partial charge in [-0.1, -0.05) is 43.7 Å². The highest BCUT2D eigenvalue weighted by Crippen LogP contribution is 2.22. The molecule has 1 N–H and O–H groups in total. The van der Waals surface area contributed by atoms with Crippen molar-refractivity contribution >= 4 is 0 Å². The van der Waals surface area contributed by atoms with Crippen LogP contribution in [0.1, 0.15) is 25.2 Å². The van der Waals surface area contributed by atoms with Gasteiger partial charge in [-0.25, -0.2) is 0 Å². The zero-order chi connectivity index (χ0) is 18.4. The number of aryl methyl sites for hydroxylation is 1. The molecule has 26 heavy (non-hydrogen) atoms. The van der Waals surface area contributed by atoms with Gasteiger partial charge in [0.1, 0.15) is 11.5 Å². The Hall–Kier alpha value is -1.62. The van der Waals surface area contributed by atoms with Gasteiger partial charge < -0.3 is 19.5 Å². The van der Waals surface area contributed by atoms with Crippen LogP contribution >= 0.6 is 0 Å². The lowest BCUT2D eigenvalue weighted by atomic mass is 10.1. The molecule has 0 radical (unpaired) electrons. The number of hydrogen-bond acceptors (Lipinski definition) is 4. The monoisotopic (exact) mass is 355 g/mol. The second-order valence-electron chi connectivity index (χ2n) is 7.60. The standard InChI is InChI=1S/C22H33N3O/c1-4-24-11-13-25(14-12-24)17-19(3)15-23-16-21-9-10-22(26-21)20-7-5-18(2)6-8-20/h5-10,19,23H,4,11-17H2,1-3H3. The third kappa shape index (κ3) is 5.44. The first-order valence-electron chi connectivity index (χ1n) is 9.95. The van der Waals surface area contributed by atoms with Crippen LogP contribution in [0.4, 0.5) is 0 Å². The largest absolute Gasteiger partial charge is 0.460 e. The molecule has 0 bridgehead atoms. The molecule has 142 valence electrons. The van der Waals surface area contributed by atoms with Crippen LogP contribution < -0.4 is 5.32 Å². The molecule has 1 saturated heterocycles. The highest BCUT2D eigenvalue weighted by molar-refractivity contribution is 5.57. The normalized spacial score (nSPS) is 17.5. The highest BCUT2D eigenvalue weighted by Gasteiger charge is 2.17. The number of nitrogens with zero attached hydrogens (tertiary/aromatic N) is 2. The van der Waals surface area contributed by atoms with Crippen molar-refractivity contribution in [2.45, 2.75) is 27.3 Å². The molecule has 4 heteroatoms. The zero-order valence-electron chi connectivity index (χ0n) is 16.5. The van der Waals surface area contributed by atoms with Crippen molar-refractivity contribution in [1.29, 1.82) is 0 Å². The maximum Gasteiger partial charge on any atom is 0.134 e. The average Bonchev–Trinajstić information content (AvgIpc) is 3.12. The molecule has 1 aliphatic heterocycles. The minimum absolute atomic E-state index is 0.648. The Morgan fingerprint density at radius 2 is 1.69 bits per heavy atom. The second-order valence-corrected chi connectivity index (χ2v) is 7.60. The van der Waals surface area contributed by atoms with Crippen molar-refractivity contribution in [3.8, 4) is 11.3 Å². The number of piperazine rings is 1. The first kappa shape index (κ1) is 19.2. The lowest BCUT2D eigenvalue weighted by molar-refractivity contribution is 0.124. The number of benzene rings is 1. The molecule has 0 spiro atoms. The zero-order valence-corrected chi connectivity index (χ0v) is 16.5. The molecular formula is C22H33N3O. The van der Waals surface area contributed by atoms with Crippen LogP contribution in [0.25, 0.3) is 11.3 Å². The van der Waals surface area contributed by atoms with Crippen LogP contribution in [-0.4, -0.2) is 55.6 Å². The SMILES string of the molecule is CCN1CCN(CC(C)CNCc2ccc(-c3ccc(C)cc3)o2)CC1. The smallest absolute Gasteiger partial charge is 0.134 e. The van der Waals surface area contributed by atoms with Gasteiger partial charge in [-0.2, -0.15) is 0 Å². The summed E-state index contributed by atoms with van der Waals surface area (Å²) in [7, 11) is 0. The van der Waals surface area contributed by atoms with Crippen LogP contribution in [0.15, 0.2) is 40.8 Å². The Morgan fingerprint density at radius 3 is 2.38 bits per heavy atom. The van der Waals surface area contributed by atoms with E-state index in [9.17, 15) is 0 Å². The summed E-state index contributed by atoms with van der Waals surface area (Å²) in [4.78, 5) is 5.13. The fraction of sp³-hybridized carbons (Fsp3) is 0.545. The molecule has 2 heterocycles. The first-order chi connectivity index (χ1) is 12.6. The molecule has 1 aromatic heterocycles. The van der Waals surface area contributed by atoms with Gasteiger partial charge in [0.05, 0.1) is 6.54 Å². The summed E-state index contributed by atoms with van der Waals surface area (Å²) in [5.41, 5.74) is 2.41. The summed E-state index contributed by atoms with van der Waals surface area (Å²) in [6, 6.07) is 12.6. The van der Waals surface area contributed by atoms with E-state index in [2.05, 4.69) is 72.3 Å². The van der Waals surface area contributed by atoms with Crippen molar-refractivity contribution < 1.29 is 4.42 Å². The number of nitrogens with one attached hydrogen (secondary N) is 1. The highest BCUT2D eigenvalue weighted by atomic mass is 16.3. The van der Waals surface area contributed by atoms with Crippen molar-refractivity contribution in [3.63, 3.8) is 0 Å². The quantitative estimate of drug-likeness (QED) is 0.784. The van der Waals surface area contributed by atoms with Crippen LogP contribution in [0, 0.1) is 12.8 Å². The van der Waals surface area contributed by atoms with Crippen LogP contribution in [0.3, 0.4) is 0 Å². The van der Waals surface area contributed by atoms with E-state index in [1.165, 1.54) is 44.8 Å². The van der Waals surface area contributed by atoms with Gasteiger partial charge >= 0.3 is 0 Å². The van der Waals surface area contributed by atoms with E-state index >= 15 is 0 Å². The maximum absolute atomic E-state index is 5.99. The van der Waals surface area contributed by atoms with Crippen LogP contribution in [0.5, 0.6) is 0 Å². The van der Waals surface area contributed by atoms with Gasteiger partial charge in [0.15, 0.2) is 0 Å². The topological polar surface area (TPSA) is 31.6 Å². The third-order valence-electron chi connectivity index (χ3n) is 5.27. The van der Waals surface area contributed by atoms with E-state index in [0.717, 1.165) is 30.2 Å². The van der Waals surface area contributed by atoms with Gasteiger partial charge in [0.25, 0.3) is 0 Å². The Morgan fingerprint density at radius 1 is 1.00 bits per heavy atom. The van der Waals surface area contributed by atoms with Crippen molar-refractivity contribution in [2.75, 3.05) is 45.8 Å².